The van der Waals surface area contributed by atoms with Crippen LogP contribution in [0.25, 0.3) is 0 Å². The van der Waals surface area contributed by atoms with Gasteiger partial charge in [0.25, 0.3) is 0 Å². The Kier molecular flexibility index (Phi) is 7.03. The van der Waals surface area contributed by atoms with Crippen LogP contribution in [0.3, 0.4) is 0 Å². The van der Waals surface area contributed by atoms with Gasteiger partial charge in [0.2, 0.25) is 0 Å². The zero-order valence-electron chi connectivity index (χ0n) is 11.7. The summed E-state index contributed by atoms with van der Waals surface area (Å²) in [5, 5.41) is 0. The number of carbonyl (C=O) groups excluding carboxylic acids is 1. The second kappa shape index (κ2) is 8.04. The molecular weight excluding hydrogens is 307 g/mol. The largest absolute Gasteiger partial charge is 1.00 e. The van der Waals surface area contributed by atoms with Gasteiger partial charge in [-0.05, 0) is 28.6 Å². The van der Waals surface area contributed by atoms with Gasteiger partial charge in [-0.3, -0.25) is 4.89 Å². The molecule has 0 aliphatic heterocycles. The summed E-state index contributed by atoms with van der Waals surface area (Å²) in [7, 11) is -4.11. The molecule has 0 heterocycles. The molecule has 2 rings (SSSR count). The Morgan fingerprint density at radius 2 is 1.40 bits per heavy atom. The van der Waals surface area contributed by atoms with Crippen molar-refractivity contribution < 1.29 is 75.2 Å². The standard InChI is InChI=1S/C13H10O5S.K.H/c14-13(11-7-3-1-4-8-11)17-18-19(15,16)12-9-5-2-6-10-12;;/h1-10H;;/q;+1;-1. The zero-order chi connectivity index (χ0) is 13.7. The van der Waals surface area contributed by atoms with Gasteiger partial charge in [0, 0.05) is 0 Å². The van der Waals surface area contributed by atoms with Crippen LogP contribution in [0.15, 0.2) is 65.6 Å². The van der Waals surface area contributed by atoms with Crippen LogP contribution in [-0.2, 0) is 19.3 Å². The Labute approximate surface area is 160 Å². The Bertz CT molecular complexity index is 661. The van der Waals surface area contributed by atoms with E-state index in [4.69, 9.17) is 0 Å². The maximum atomic E-state index is 11.7. The van der Waals surface area contributed by atoms with Gasteiger partial charge in [0.15, 0.2) is 0 Å². The third-order valence-corrected chi connectivity index (χ3v) is 3.34. The molecule has 0 N–H and O–H groups in total. The van der Waals surface area contributed by atoms with E-state index in [-0.39, 0.29) is 63.3 Å². The molecule has 2 aromatic carbocycles. The molecule has 2 aromatic rings. The maximum absolute atomic E-state index is 11.7. The van der Waals surface area contributed by atoms with E-state index in [2.05, 4.69) is 9.22 Å². The van der Waals surface area contributed by atoms with Crippen molar-refractivity contribution in [3.63, 3.8) is 0 Å². The minimum atomic E-state index is -4.11. The molecule has 0 aromatic heterocycles. The maximum Gasteiger partial charge on any atom is 1.00 e. The fourth-order valence-corrected chi connectivity index (χ4v) is 2.04. The minimum Gasteiger partial charge on any atom is -1.00 e. The van der Waals surface area contributed by atoms with Crippen LogP contribution in [0.5, 0.6) is 0 Å². The fourth-order valence-electron chi connectivity index (χ4n) is 1.32. The van der Waals surface area contributed by atoms with Gasteiger partial charge in [-0.25, -0.2) is 4.79 Å². The molecule has 0 radical (unpaired) electrons. The molecule has 0 unspecified atom stereocenters. The van der Waals surface area contributed by atoms with Crippen molar-refractivity contribution in [2.75, 3.05) is 0 Å². The molecule has 0 atom stereocenters. The quantitative estimate of drug-likeness (QED) is 0.423. The Morgan fingerprint density at radius 1 is 0.900 bits per heavy atom. The van der Waals surface area contributed by atoms with Crippen LogP contribution >= 0.6 is 0 Å². The van der Waals surface area contributed by atoms with Crippen LogP contribution < -0.4 is 51.4 Å². The van der Waals surface area contributed by atoms with Crippen LogP contribution in [0.1, 0.15) is 11.8 Å². The second-order valence-electron chi connectivity index (χ2n) is 3.57. The van der Waals surface area contributed by atoms with Gasteiger partial charge in [0.05, 0.1) is 10.5 Å². The summed E-state index contributed by atoms with van der Waals surface area (Å²) in [5.74, 6) is -0.875. The average Bonchev–Trinajstić information content (AvgIpc) is 2.47. The van der Waals surface area contributed by atoms with Crippen molar-refractivity contribution in [2.24, 2.45) is 0 Å². The van der Waals surface area contributed by atoms with Crippen LogP contribution in [0.2, 0.25) is 0 Å². The van der Waals surface area contributed by atoms with E-state index in [0.29, 0.717) is 0 Å². The van der Waals surface area contributed by atoms with Gasteiger partial charge in [-0.1, -0.05) is 36.4 Å². The van der Waals surface area contributed by atoms with Crippen molar-refractivity contribution in [1.29, 1.82) is 0 Å². The summed E-state index contributed by atoms with van der Waals surface area (Å²) in [6.45, 7) is 0. The van der Waals surface area contributed by atoms with E-state index >= 15 is 0 Å². The summed E-state index contributed by atoms with van der Waals surface area (Å²) >= 11 is 0. The zero-order valence-corrected chi connectivity index (χ0v) is 14.7. The molecule has 100 valence electrons. The van der Waals surface area contributed by atoms with Gasteiger partial charge < -0.3 is 1.43 Å². The van der Waals surface area contributed by atoms with Gasteiger partial charge >= 0.3 is 67.5 Å². The Balaban J connectivity index is 0.00000200. The van der Waals surface area contributed by atoms with Crippen molar-refractivity contribution in [3.05, 3.63) is 66.2 Å². The molecule has 0 aliphatic rings. The number of hydrogen-bond donors (Lipinski definition) is 0. The minimum absolute atomic E-state index is 0. The number of benzene rings is 2. The first-order valence-electron chi connectivity index (χ1n) is 5.35. The molecule has 7 heteroatoms. The molecule has 5 nitrogen and oxygen atoms in total. The summed E-state index contributed by atoms with van der Waals surface area (Å²) in [4.78, 5) is 15.7. The fraction of sp³-hybridized carbons (Fsp3) is 0. The summed E-state index contributed by atoms with van der Waals surface area (Å²) in [6, 6.07) is 15.4. The first-order valence-corrected chi connectivity index (χ1v) is 6.76. The smallest absolute Gasteiger partial charge is 1.00 e. The van der Waals surface area contributed by atoms with Crippen molar-refractivity contribution in [2.45, 2.75) is 4.90 Å². The van der Waals surface area contributed by atoms with E-state index in [0.717, 1.165) is 0 Å². The Morgan fingerprint density at radius 3 is 1.95 bits per heavy atom. The summed E-state index contributed by atoms with van der Waals surface area (Å²) < 4.78 is 27.6. The molecule has 0 fully saturated rings. The normalized spacial score (nSPS) is 10.4. The average molecular weight is 318 g/mol. The van der Waals surface area contributed by atoms with E-state index in [1.165, 1.54) is 36.4 Å². The van der Waals surface area contributed by atoms with Gasteiger partial charge in [0.1, 0.15) is 0 Å². The van der Waals surface area contributed by atoms with E-state index in [1.807, 2.05) is 0 Å². The molecular formula is C13H11KO5S. The third kappa shape index (κ3) is 4.78. The molecule has 0 bridgehead atoms. The predicted molar refractivity (Wildman–Crippen MR) is 67.7 cm³/mol. The topological polar surface area (TPSA) is 69.7 Å². The number of hydrogen-bond acceptors (Lipinski definition) is 5. The molecule has 0 amide bonds. The SMILES string of the molecule is O=C(OOS(=O)(=O)c1ccccc1)c1ccccc1.[H-].[K+]. The van der Waals surface area contributed by atoms with Gasteiger partial charge in [-0.15, -0.1) is 0 Å². The molecule has 0 spiro atoms. The van der Waals surface area contributed by atoms with Crippen molar-refractivity contribution >= 4 is 16.1 Å². The molecule has 0 aliphatic carbocycles. The van der Waals surface area contributed by atoms with E-state index in [9.17, 15) is 13.2 Å². The van der Waals surface area contributed by atoms with Crippen molar-refractivity contribution in [3.8, 4) is 0 Å². The third-order valence-electron chi connectivity index (χ3n) is 2.24. The molecule has 0 saturated carbocycles. The first kappa shape index (κ1) is 17.5. The van der Waals surface area contributed by atoms with Crippen LogP contribution in [-0.4, -0.2) is 14.4 Å². The van der Waals surface area contributed by atoms with Crippen LogP contribution in [0.4, 0.5) is 0 Å². The van der Waals surface area contributed by atoms with E-state index in [1.54, 1.807) is 24.3 Å². The van der Waals surface area contributed by atoms with Crippen molar-refractivity contribution in [1.82, 2.24) is 0 Å². The summed E-state index contributed by atoms with van der Waals surface area (Å²) in [6.07, 6.45) is 0. The van der Waals surface area contributed by atoms with Gasteiger partial charge in [-0.2, -0.15) is 8.42 Å². The number of carbonyl (C=O) groups is 1. The second-order valence-corrected chi connectivity index (χ2v) is 5.09. The molecule has 20 heavy (non-hydrogen) atoms. The number of rotatable bonds is 4. The monoisotopic (exact) mass is 318 g/mol. The first-order chi connectivity index (χ1) is 9.09. The van der Waals surface area contributed by atoms with Crippen LogP contribution in [0, 0.1) is 0 Å². The Hall–Kier alpha value is -0.544. The van der Waals surface area contributed by atoms with E-state index < -0.39 is 16.1 Å². The molecule has 0 saturated heterocycles. The summed E-state index contributed by atoms with van der Waals surface area (Å²) in [5.41, 5.74) is 0.200. The predicted octanol–water partition coefficient (Wildman–Crippen LogP) is -0.720.